The fourth-order valence-corrected chi connectivity index (χ4v) is 3.71. The van der Waals surface area contributed by atoms with E-state index in [9.17, 15) is 19.2 Å². The summed E-state index contributed by atoms with van der Waals surface area (Å²) in [7, 11) is 0. The Morgan fingerprint density at radius 1 is 1.07 bits per heavy atom. The molecule has 9 heteroatoms. The molecule has 3 rings (SSSR count). The maximum atomic E-state index is 12.5. The number of urea groups is 1. The highest BCUT2D eigenvalue weighted by Crippen LogP contribution is 2.19. The summed E-state index contributed by atoms with van der Waals surface area (Å²) in [5.41, 5.74) is 6.42. The van der Waals surface area contributed by atoms with E-state index < -0.39 is 29.8 Å². The Morgan fingerprint density at radius 2 is 1.82 bits per heavy atom. The van der Waals surface area contributed by atoms with Crippen molar-refractivity contribution in [3.05, 3.63) is 58.3 Å². The van der Waals surface area contributed by atoms with Crippen molar-refractivity contribution < 1.29 is 19.2 Å². The molecule has 0 bridgehead atoms. The monoisotopic (exact) mass is 400 g/mol. The van der Waals surface area contributed by atoms with E-state index in [1.54, 1.807) is 17.5 Å². The summed E-state index contributed by atoms with van der Waals surface area (Å²) in [6, 6.07) is 11.2. The van der Waals surface area contributed by atoms with Crippen molar-refractivity contribution in [1.29, 1.82) is 0 Å². The number of benzene rings is 1. The van der Waals surface area contributed by atoms with Crippen LogP contribution in [-0.4, -0.2) is 53.2 Å². The summed E-state index contributed by atoms with van der Waals surface area (Å²) in [6.07, 6.45) is 0.619. The molecule has 1 aliphatic rings. The maximum Gasteiger partial charge on any atom is 0.325 e. The fraction of sp³-hybridized carbons (Fsp3) is 0.263. The maximum absolute atomic E-state index is 12.5. The van der Waals surface area contributed by atoms with Crippen LogP contribution < -0.4 is 11.1 Å². The molecule has 0 aliphatic carbocycles. The predicted octanol–water partition coefficient (Wildman–Crippen LogP) is 0.898. The normalized spacial score (nSPS) is 15.4. The number of nitrogens with zero attached hydrogens (tertiary/aromatic N) is 2. The van der Waals surface area contributed by atoms with Gasteiger partial charge in [-0.05, 0) is 23.4 Å². The van der Waals surface area contributed by atoms with Gasteiger partial charge in [0, 0.05) is 24.5 Å². The summed E-state index contributed by atoms with van der Waals surface area (Å²) in [6.45, 7) is 0.690. The van der Waals surface area contributed by atoms with Crippen molar-refractivity contribution in [3.8, 4) is 0 Å². The highest BCUT2D eigenvalue weighted by atomic mass is 32.1. The smallest absolute Gasteiger partial charge is 0.325 e. The largest absolute Gasteiger partial charge is 0.368 e. The van der Waals surface area contributed by atoms with Gasteiger partial charge in [-0.2, -0.15) is 0 Å². The van der Waals surface area contributed by atoms with Crippen molar-refractivity contribution in [2.45, 2.75) is 12.5 Å². The van der Waals surface area contributed by atoms with Crippen LogP contribution in [0.5, 0.6) is 0 Å². The topological polar surface area (TPSA) is 113 Å². The highest BCUT2D eigenvalue weighted by Gasteiger charge is 2.37. The molecule has 28 heavy (non-hydrogen) atoms. The van der Waals surface area contributed by atoms with E-state index in [2.05, 4.69) is 5.32 Å². The van der Waals surface area contributed by atoms with Gasteiger partial charge < -0.3 is 16.0 Å². The Hall–Kier alpha value is -3.20. The first-order valence-corrected chi connectivity index (χ1v) is 9.63. The Kier molecular flexibility index (Phi) is 6.05. The van der Waals surface area contributed by atoms with E-state index in [4.69, 9.17) is 5.73 Å². The summed E-state index contributed by atoms with van der Waals surface area (Å²) in [5, 5.41) is 4.19. The van der Waals surface area contributed by atoms with Crippen molar-refractivity contribution >= 4 is 35.1 Å². The van der Waals surface area contributed by atoms with Crippen LogP contribution in [0.2, 0.25) is 0 Å². The van der Waals surface area contributed by atoms with Gasteiger partial charge in [-0.25, -0.2) is 4.79 Å². The number of carbonyl (C=O) groups excluding carboxylic acids is 4. The predicted molar refractivity (Wildman–Crippen MR) is 103 cm³/mol. The lowest BCUT2D eigenvalue weighted by molar-refractivity contribution is -0.153. The van der Waals surface area contributed by atoms with Crippen LogP contribution in [-0.2, 0) is 20.8 Å². The van der Waals surface area contributed by atoms with Crippen LogP contribution in [0.15, 0.2) is 47.8 Å². The number of nitrogens with one attached hydrogen (secondary N) is 1. The van der Waals surface area contributed by atoms with Gasteiger partial charge in [0.15, 0.2) is 0 Å². The third-order valence-corrected chi connectivity index (χ3v) is 5.38. The first-order valence-electron chi connectivity index (χ1n) is 8.75. The molecule has 3 N–H and O–H groups in total. The lowest BCUT2D eigenvalue weighted by Gasteiger charge is -2.33. The molecule has 0 spiro atoms. The van der Waals surface area contributed by atoms with E-state index in [0.717, 1.165) is 10.5 Å². The van der Waals surface area contributed by atoms with Gasteiger partial charge in [0.05, 0.1) is 0 Å². The number of nitrogens with two attached hydrogens (primary N) is 1. The lowest BCUT2D eigenvalue weighted by atomic mass is 10.1. The van der Waals surface area contributed by atoms with E-state index in [1.165, 1.54) is 16.2 Å². The summed E-state index contributed by atoms with van der Waals surface area (Å²) in [4.78, 5) is 51.7. The van der Waals surface area contributed by atoms with E-state index in [1.807, 2.05) is 30.3 Å². The zero-order valence-corrected chi connectivity index (χ0v) is 15.9. The first kappa shape index (κ1) is 19.6. The van der Waals surface area contributed by atoms with Crippen LogP contribution in [0.3, 0.4) is 0 Å². The standard InChI is InChI=1S/C19H20N4O4S/c20-16(24)15(14-7-4-12-28-14)21-19(27)23-11-10-22(17(25)18(23)26)9-8-13-5-2-1-3-6-13/h1-7,12,15H,8-11H2,(H2,20,24)(H,21,27). The van der Waals surface area contributed by atoms with Crippen LogP contribution in [0.4, 0.5) is 4.79 Å². The molecule has 2 heterocycles. The van der Waals surface area contributed by atoms with Crippen molar-refractivity contribution in [2.75, 3.05) is 19.6 Å². The Labute approximate surface area is 165 Å². The molecule has 0 radical (unpaired) electrons. The molecule has 146 valence electrons. The number of amides is 5. The highest BCUT2D eigenvalue weighted by molar-refractivity contribution is 7.10. The average Bonchev–Trinajstić information content (AvgIpc) is 3.22. The first-order chi connectivity index (χ1) is 13.5. The summed E-state index contributed by atoms with van der Waals surface area (Å²) in [5.74, 6) is -2.38. The average molecular weight is 400 g/mol. The van der Waals surface area contributed by atoms with Crippen molar-refractivity contribution in [2.24, 2.45) is 5.73 Å². The molecule has 1 aromatic carbocycles. The molecule has 1 atom stereocenters. The molecular weight excluding hydrogens is 380 g/mol. The molecule has 2 aromatic rings. The number of piperazine rings is 1. The van der Waals surface area contributed by atoms with Crippen LogP contribution in [0, 0.1) is 0 Å². The molecule has 5 amide bonds. The minimum atomic E-state index is -1.05. The van der Waals surface area contributed by atoms with Crippen molar-refractivity contribution in [3.63, 3.8) is 0 Å². The van der Waals surface area contributed by atoms with Gasteiger partial charge in [0.25, 0.3) is 0 Å². The molecule has 1 saturated heterocycles. The zero-order chi connectivity index (χ0) is 20.1. The van der Waals surface area contributed by atoms with Gasteiger partial charge in [-0.3, -0.25) is 19.3 Å². The number of carbonyl (C=O) groups is 4. The third-order valence-electron chi connectivity index (χ3n) is 4.45. The number of imide groups is 1. The second kappa shape index (κ2) is 8.66. The second-order valence-electron chi connectivity index (χ2n) is 6.28. The van der Waals surface area contributed by atoms with Gasteiger partial charge in [-0.1, -0.05) is 36.4 Å². The van der Waals surface area contributed by atoms with Crippen LogP contribution >= 0.6 is 11.3 Å². The molecule has 0 saturated carbocycles. The zero-order valence-electron chi connectivity index (χ0n) is 15.0. The summed E-state index contributed by atoms with van der Waals surface area (Å²) >= 11 is 1.26. The Balaban J connectivity index is 1.60. The Bertz CT molecular complexity index is 869. The number of primary amides is 1. The van der Waals surface area contributed by atoms with E-state index >= 15 is 0 Å². The van der Waals surface area contributed by atoms with Crippen LogP contribution in [0.25, 0.3) is 0 Å². The SMILES string of the molecule is NC(=O)C(NC(=O)N1CCN(CCc2ccccc2)C(=O)C1=O)c1cccs1. The van der Waals surface area contributed by atoms with Gasteiger partial charge in [-0.15, -0.1) is 11.3 Å². The molecule has 1 fully saturated rings. The molecular formula is C19H20N4O4S. The number of hydrogen-bond acceptors (Lipinski definition) is 5. The number of rotatable bonds is 6. The van der Waals surface area contributed by atoms with E-state index in [0.29, 0.717) is 17.8 Å². The molecule has 1 aromatic heterocycles. The number of thiophene rings is 1. The van der Waals surface area contributed by atoms with Gasteiger partial charge >= 0.3 is 17.8 Å². The number of hydrogen-bond donors (Lipinski definition) is 2. The molecule has 1 aliphatic heterocycles. The minimum Gasteiger partial charge on any atom is -0.368 e. The van der Waals surface area contributed by atoms with Crippen LogP contribution in [0.1, 0.15) is 16.5 Å². The summed E-state index contributed by atoms with van der Waals surface area (Å²) < 4.78 is 0. The quantitative estimate of drug-likeness (QED) is 0.702. The fourth-order valence-electron chi connectivity index (χ4n) is 2.93. The molecule has 1 unspecified atom stereocenters. The van der Waals surface area contributed by atoms with E-state index in [-0.39, 0.29) is 13.1 Å². The minimum absolute atomic E-state index is 0.0567. The Morgan fingerprint density at radius 3 is 2.46 bits per heavy atom. The lowest BCUT2D eigenvalue weighted by Crippen LogP contribution is -2.59. The molecule has 8 nitrogen and oxygen atoms in total. The van der Waals surface area contributed by atoms with Gasteiger partial charge in [0.2, 0.25) is 5.91 Å². The van der Waals surface area contributed by atoms with Gasteiger partial charge in [0.1, 0.15) is 6.04 Å². The second-order valence-corrected chi connectivity index (χ2v) is 7.26. The third kappa shape index (κ3) is 4.37. The van der Waals surface area contributed by atoms with Crippen molar-refractivity contribution in [1.82, 2.24) is 15.1 Å².